The molecule has 1 heteroatoms. The Hall–Kier alpha value is -3.84. The van der Waals surface area contributed by atoms with Crippen molar-refractivity contribution in [2.24, 2.45) is 0 Å². The minimum atomic E-state index is 1.19. The van der Waals surface area contributed by atoms with Crippen LogP contribution in [-0.2, 0) is 0 Å². The minimum Gasteiger partial charge on any atom is -0.309 e. The van der Waals surface area contributed by atoms with Gasteiger partial charge in [-0.05, 0) is 52.2 Å². The van der Waals surface area contributed by atoms with Gasteiger partial charge in [-0.25, -0.2) is 0 Å². The highest BCUT2D eigenvalue weighted by molar-refractivity contribution is 6.10. The first kappa shape index (κ1) is 16.1. The van der Waals surface area contributed by atoms with E-state index in [-0.39, 0.29) is 0 Å². The molecule has 0 bridgehead atoms. The van der Waals surface area contributed by atoms with Gasteiger partial charge in [0.2, 0.25) is 0 Å². The van der Waals surface area contributed by atoms with E-state index in [4.69, 9.17) is 0 Å². The van der Waals surface area contributed by atoms with Crippen LogP contribution in [0.25, 0.3) is 49.4 Å². The van der Waals surface area contributed by atoms with Crippen LogP contribution in [0.3, 0.4) is 0 Å². The van der Waals surface area contributed by atoms with Gasteiger partial charge in [-0.15, -0.1) is 0 Å². The molecule has 0 radical (unpaired) electrons. The van der Waals surface area contributed by atoms with E-state index in [0.29, 0.717) is 0 Å². The first-order valence-electron chi connectivity index (χ1n) is 9.96. The Bertz CT molecular complexity index is 1490. The highest BCUT2D eigenvalue weighted by atomic mass is 15.0. The summed E-state index contributed by atoms with van der Waals surface area (Å²) < 4.78 is 2.37. The lowest BCUT2D eigenvalue weighted by Gasteiger charge is -2.09. The molecule has 0 saturated carbocycles. The lowest BCUT2D eigenvalue weighted by atomic mass is 10.00. The summed E-state index contributed by atoms with van der Waals surface area (Å²) in [7, 11) is 0. The molecule has 6 rings (SSSR count). The van der Waals surface area contributed by atoms with Gasteiger partial charge in [0.15, 0.2) is 0 Å². The fourth-order valence-corrected chi connectivity index (χ4v) is 4.37. The number of hydrogen-bond acceptors (Lipinski definition) is 0. The number of benzene rings is 5. The second-order valence-corrected chi connectivity index (χ2v) is 7.48. The lowest BCUT2D eigenvalue weighted by Crippen LogP contribution is -1.93. The Balaban J connectivity index is 1.65. The van der Waals surface area contributed by atoms with Gasteiger partial charge in [-0.1, -0.05) is 84.9 Å². The highest BCUT2D eigenvalue weighted by Gasteiger charge is 2.12. The maximum Gasteiger partial charge on any atom is 0.0547 e. The van der Waals surface area contributed by atoms with Crippen molar-refractivity contribution in [3.63, 3.8) is 0 Å². The molecule has 0 aliphatic carbocycles. The zero-order valence-corrected chi connectivity index (χ0v) is 15.9. The van der Waals surface area contributed by atoms with E-state index < -0.39 is 0 Å². The molecule has 0 saturated heterocycles. The molecule has 0 atom stereocenters. The van der Waals surface area contributed by atoms with E-state index in [1.165, 1.54) is 49.4 Å². The van der Waals surface area contributed by atoms with Gasteiger partial charge >= 0.3 is 0 Å². The fourth-order valence-electron chi connectivity index (χ4n) is 4.37. The zero-order chi connectivity index (χ0) is 19.2. The fraction of sp³-hybridized carbons (Fsp3) is 0. The summed E-state index contributed by atoms with van der Waals surface area (Å²) in [5, 5.41) is 5.12. The van der Waals surface area contributed by atoms with Crippen LogP contribution in [0.4, 0.5) is 0 Å². The normalized spacial score (nSPS) is 11.4. The van der Waals surface area contributed by atoms with Crippen molar-refractivity contribution < 1.29 is 0 Å². The van der Waals surface area contributed by atoms with Crippen molar-refractivity contribution in [1.29, 1.82) is 0 Å². The predicted molar refractivity (Wildman–Crippen MR) is 124 cm³/mol. The molecule has 0 fully saturated rings. The summed E-state index contributed by atoms with van der Waals surface area (Å²) >= 11 is 0. The van der Waals surface area contributed by atoms with Crippen LogP contribution in [0.1, 0.15) is 0 Å². The number of fused-ring (bicyclic) bond motifs is 4. The molecule has 29 heavy (non-hydrogen) atoms. The highest BCUT2D eigenvalue weighted by Crippen LogP contribution is 2.35. The van der Waals surface area contributed by atoms with Gasteiger partial charge in [0.1, 0.15) is 0 Å². The molecule has 1 aromatic heterocycles. The SMILES string of the molecule is c1ccc(-n2c3ccccc3c3ccc(-c4ccc5ccccc5c4)cc32)cc1. The van der Waals surface area contributed by atoms with Crippen LogP contribution in [-0.4, -0.2) is 4.57 Å². The Labute approximate surface area is 169 Å². The molecule has 0 unspecified atom stereocenters. The van der Waals surface area contributed by atoms with Gasteiger partial charge < -0.3 is 4.57 Å². The Kier molecular flexibility index (Phi) is 3.54. The van der Waals surface area contributed by atoms with Gasteiger partial charge in [0, 0.05) is 16.5 Å². The molecule has 136 valence electrons. The molecule has 0 amide bonds. The van der Waals surface area contributed by atoms with Crippen molar-refractivity contribution >= 4 is 32.6 Å². The molecule has 5 aromatic carbocycles. The van der Waals surface area contributed by atoms with Crippen molar-refractivity contribution in [3.8, 4) is 16.8 Å². The summed E-state index contributed by atoms with van der Waals surface area (Å²) in [6.45, 7) is 0. The molecular weight excluding hydrogens is 350 g/mol. The van der Waals surface area contributed by atoms with Crippen molar-refractivity contribution in [2.75, 3.05) is 0 Å². The third-order valence-electron chi connectivity index (χ3n) is 5.77. The summed E-state index contributed by atoms with van der Waals surface area (Å²) in [5.41, 5.74) is 6.15. The van der Waals surface area contributed by atoms with E-state index in [0.717, 1.165) is 0 Å². The maximum atomic E-state index is 2.37. The molecule has 0 N–H and O–H groups in total. The van der Waals surface area contributed by atoms with Gasteiger partial charge in [-0.3, -0.25) is 0 Å². The number of rotatable bonds is 2. The monoisotopic (exact) mass is 369 g/mol. The number of nitrogens with zero attached hydrogens (tertiary/aromatic N) is 1. The van der Waals surface area contributed by atoms with Crippen molar-refractivity contribution in [3.05, 3.63) is 115 Å². The smallest absolute Gasteiger partial charge is 0.0547 e. The number of hydrogen-bond donors (Lipinski definition) is 0. The number of para-hydroxylation sites is 2. The Morgan fingerprint density at radius 3 is 1.97 bits per heavy atom. The van der Waals surface area contributed by atoms with Gasteiger partial charge in [-0.2, -0.15) is 0 Å². The Morgan fingerprint density at radius 1 is 0.414 bits per heavy atom. The standard InChI is InChI=1S/C28H19N/c1-2-10-24(11-3-1)29-27-13-7-6-12-25(27)26-17-16-23(19-28(26)29)22-15-14-20-8-4-5-9-21(20)18-22/h1-19H. The van der Waals surface area contributed by atoms with Crippen LogP contribution in [0.5, 0.6) is 0 Å². The maximum absolute atomic E-state index is 2.37. The van der Waals surface area contributed by atoms with Gasteiger partial charge in [0.05, 0.1) is 11.0 Å². The third-order valence-corrected chi connectivity index (χ3v) is 5.77. The summed E-state index contributed by atoms with van der Waals surface area (Å²) in [4.78, 5) is 0. The van der Waals surface area contributed by atoms with E-state index in [2.05, 4.69) is 120 Å². The van der Waals surface area contributed by atoms with E-state index in [1.54, 1.807) is 0 Å². The predicted octanol–water partition coefficient (Wildman–Crippen LogP) is 7.60. The van der Waals surface area contributed by atoms with Crippen LogP contribution in [0.2, 0.25) is 0 Å². The van der Waals surface area contributed by atoms with E-state index in [1.807, 2.05) is 0 Å². The number of aromatic nitrogens is 1. The average molecular weight is 369 g/mol. The molecule has 0 spiro atoms. The van der Waals surface area contributed by atoms with Crippen LogP contribution < -0.4 is 0 Å². The summed E-state index contributed by atoms with van der Waals surface area (Å²) in [6, 6.07) is 41.4. The molecular formula is C28H19N. The van der Waals surface area contributed by atoms with E-state index >= 15 is 0 Å². The molecule has 0 aliphatic heterocycles. The van der Waals surface area contributed by atoms with E-state index in [9.17, 15) is 0 Å². The quantitative estimate of drug-likeness (QED) is 0.296. The van der Waals surface area contributed by atoms with Crippen molar-refractivity contribution in [2.45, 2.75) is 0 Å². The molecule has 1 heterocycles. The Morgan fingerprint density at radius 2 is 1.07 bits per heavy atom. The molecule has 1 nitrogen and oxygen atoms in total. The summed E-state index contributed by atoms with van der Waals surface area (Å²) in [5.74, 6) is 0. The summed E-state index contributed by atoms with van der Waals surface area (Å²) in [6.07, 6.45) is 0. The molecule has 0 aliphatic rings. The van der Waals surface area contributed by atoms with Crippen LogP contribution in [0, 0.1) is 0 Å². The van der Waals surface area contributed by atoms with Crippen molar-refractivity contribution in [1.82, 2.24) is 4.57 Å². The van der Waals surface area contributed by atoms with Crippen LogP contribution in [0.15, 0.2) is 115 Å². The molecule has 6 aromatic rings. The first-order chi connectivity index (χ1) is 14.4. The zero-order valence-electron chi connectivity index (χ0n) is 15.9. The topological polar surface area (TPSA) is 4.93 Å². The third kappa shape index (κ3) is 2.55. The first-order valence-corrected chi connectivity index (χ1v) is 9.96. The lowest BCUT2D eigenvalue weighted by molar-refractivity contribution is 1.18. The second kappa shape index (κ2) is 6.35. The average Bonchev–Trinajstić information content (AvgIpc) is 3.13. The minimum absolute atomic E-state index is 1.19. The van der Waals surface area contributed by atoms with Gasteiger partial charge in [0.25, 0.3) is 0 Å². The second-order valence-electron chi connectivity index (χ2n) is 7.48. The largest absolute Gasteiger partial charge is 0.309 e. The van der Waals surface area contributed by atoms with Crippen LogP contribution >= 0.6 is 0 Å².